The minimum atomic E-state index is -0.0375. The zero-order valence-corrected chi connectivity index (χ0v) is 12.4. The zero-order valence-electron chi connectivity index (χ0n) is 12.4. The molecule has 1 aliphatic carbocycles. The van der Waals surface area contributed by atoms with Crippen molar-refractivity contribution in [1.82, 2.24) is 15.3 Å². The Labute approximate surface area is 133 Å². The minimum absolute atomic E-state index is 0.0375. The lowest BCUT2D eigenvalue weighted by Crippen LogP contribution is -2.25. The van der Waals surface area contributed by atoms with Gasteiger partial charge in [-0.25, -0.2) is 9.97 Å². The summed E-state index contributed by atoms with van der Waals surface area (Å²) in [5, 5.41) is 2.96. The highest BCUT2D eigenvalue weighted by atomic mass is 16.5. The number of ether oxygens (including phenoxy) is 1. The van der Waals surface area contributed by atoms with E-state index in [0.717, 1.165) is 23.9 Å². The molecule has 0 radical (unpaired) electrons. The molecule has 1 aliphatic rings. The van der Waals surface area contributed by atoms with E-state index in [1.807, 2.05) is 24.3 Å². The van der Waals surface area contributed by atoms with E-state index in [9.17, 15) is 4.79 Å². The molecule has 114 valence electrons. The van der Waals surface area contributed by atoms with Crippen LogP contribution in [0.2, 0.25) is 0 Å². The molecule has 0 aliphatic heterocycles. The van der Waals surface area contributed by atoms with Crippen LogP contribution in [-0.2, 0) is 0 Å². The fourth-order valence-electron chi connectivity index (χ4n) is 2.28. The first-order valence-electron chi connectivity index (χ1n) is 7.58. The highest BCUT2D eigenvalue weighted by Gasteiger charge is 2.23. The molecule has 0 atom stereocenters. The maximum atomic E-state index is 11.9. The molecule has 1 fully saturated rings. The average Bonchev–Trinajstić information content (AvgIpc) is 3.39. The molecule has 0 unspecified atom stereocenters. The molecule has 4 rings (SSSR count). The van der Waals surface area contributed by atoms with E-state index >= 15 is 0 Å². The van der Waals surface area contributed by atoms with Gasteiger partial charge in [0.15, 0.2) is 0 Å². The number of nitrogens with zero attached hydrogens (tertiary/aromatic N) is 2. The third kappa shape index (κ3) is 3.13. The van der Waals surface area contributed by atoms with Crippen LogP contribution in [0.25, 0.3) is 11.0 Å². The molecule has 0 bridgehead atoms. The molecule has 1 saturated carbocycles. The van der Waals surface area contributed by atoms with Gasteiger partial charge in [0.2, 0.25) is 5.88 Å². The number of aromatic nitrogens is 2. The third-order valence-electron chi connectivity index (χ3n) is 3.68. The van der Waals surface area contributed by atoms with Crippen LogP contribution >= 0.6 is 0 Å². The van der Waals surface area contributed by atoms with Crippen molar-refractivity contribution in [2.45, 2.75) is 18.9 Å². The summed E-state index contributed by atoms with van der Waals surface area (Å²) < 4.78 is 5.71. The summed E-state index contributed by atoms with van der Waals surface area (Å²) >= 11 is 0. The first kappa shape index (κ1) is 13.7. The molecule has 0 saturated heterocycles. The quantitative estimate of drug-likeness (QED) is 0.803. The van der Waals surface area contributed by atoms with Gasteiger partial charge in [0, 0.05) is 11.6 Å². The SMILES string of the molecule is O=C(NC1CC1)c1ccc(Oc2cnc3ccccc3n2)cc1. The van der Waals surface area contributed by atoms with Crippen molar-refractivity contribution in [3.8, 4) is 11.6 Å². The van der Waals surface area contributed by atoms with E-state index in [2.05, 4.69) is 15.3 Å². The Bertz CT molecular complexity index is 858. The van der Waals surface area contributed by atoms with Gasteiger partial charge in [-0.05, 0) is 49.2 Å². The van der Waals surface area contributed by atoms with E-state index in [0.29, 0.717) is 23.2 Å². The fraction of sp³-hybridized carbons (Fsp3) is 0.167. The number of hydrogen-bond acceptors (Lipinski definition) is 4. The maximum Gasteiger partial charge on any atom is 0.251 e. The third-order valence-corrected chi connectivity index (χ3v) is 3.68. The van der Waals surface area contributed by atoms with Crippen LogP contribution in [0.1, 0.15) is 23.2 Å². The number of nitrogens with one attached hydrogen (secondary N) is 1. The van der Waals surface area contributed by atoms with Crippen LogP contribution in [0, 0.1) is 0 Å². The summed E-state index contributed by atoms with van der Waals surface area (Å²) in [7, 11) is 0. The Morgan fingerprint density at radius 1 is 1.04 bits per heavy atom. The van der Waals surface area contributed by atoms with Gasteiger partial charge in [-0.3, -0.25) is 4.79 Å². The molecular formula is C18H15N3O2. The Balaban J connectivity index is 1.49. The highest BCUT2D eigenvalue weighted by molar-refractivity contribution is 5.94. The minimum Gasteiger partial charge on any atom is -0.437 e. The lowest BCUT2D eigenvalue weighted by molar-refractivity contribution is 0.0951. The molecule has 2 aromatic carbocycles. The van der Waals surface area contributed by atoms with Gasteiger partial charge in [-0.2, -0.15) is 0 Å². The van der Waals surface area contributed by atoms with Gasteiger partial charge in [-0.1, -0.05) is 12.1 Å². The molecule has 1 amide bonds. The average molecular weight is 305 g/mol. The standard InChI is InChI=1S/C18H15N3O2/c22-18(20-13-7-8-13)12-5-9-14(10-6-12)23-17-11-19-15-3-1-2-4-16(15)21-17/h1-6,9-11,13H,7-8H2,(H,20,22). The number of carbonyl (C=O) groups excluding carboxylic acids is 1. The predicted octanol–water partition coefficient (Wildman–Crippen LogP) is 3.31. The van der Waals surface area contributed by atoms with E-state index in [1.54, 1.807) is 30.5 Å². The maximum absolute atomic E-state index is 11.9. The van der Waals surface area contributed by atoms with Gasteiger partial charge < -0.3 is 10.1 Å². The van der Waals surface area contributed by atoms with Crippen molar-refractivity contribution in [2.24, 2.45) is 0 Å². The second-order valence-electron chi connectivity index (χ2n) is 5.57. The van der Waals surface area contributed by atoms with Crippen LogP contribution in [0.15, 0.2) is 54.7 Å². The van der Waals surface area contributed by atoms with E-state index in [1.165, 1.54) is 0 Å². The van der Waals surface area contributed by atoms with Crippen LogP contribution < -0.4 is 10.1 Å². The van der Waals surface area contributed by atoms with Crippen LogP contribution in [-0.4, -0.2) is 21.9 Å². The summed E-state index contributed by atoms with van der Waals surface area (Å²) in [6.45, 7) is 0. The predicted molar refractivity (Wildman–Crippen MR) is 86.5 cm³/mol. The Kier molecular flexibility index (Phi) is 3.38. The van der Waals surface area contributed by atoms with Crippen molar-refractivity contribution in [3.63, 3.8) is 0 Å². The molecular weight excluding hydrogens is 290 g/mol. The molecule has 1 heterocycles. The van der Waals surface area contributed by atoms with Crippen LogP contribution in [0.4, 0.5) is 0 Å². The van der Waals surface area contributed by atoms with Crippen LogP contribution in [0.3, 0.4) is 0 Å². The Morgan fingerprint density at radius 3 is 2.52 bits per heavy atom. The van der Waals surface area contributed by atoms with Gasteiger partial charge >= 0.3 is 0 Å². The molecule has 5 nitrogen and oxygen atoms in total. The van der Waals surface area contributed by atoms with E-state index < -0.39 is 0 Å². The molecule has 0 spiro atoms. The Hall–Kier alpha value is -2.95. The first-order valence-corrected chi connectivity index (χ1v) is 7.58. The number of rotatable bonds is 4. The largest absolute Gasteiger partial charge is 0.437 e. The zero-order chi connectivity index (χ0) is 15.6. The number of hydrogen-bond donors (Lipinski definition) is 1. The monoisotopic (exact) mass is 305 g/mol. The second-order valence-corrected chi connectivity index (χ2v) is 5.57. The van der Waals surface area contributed by atoms with Gasteiger partial charge in [0.25, 0.3) is 5.91 Å². The molecule has 1 N–H and O–H groups in total. The normalized spacial score (nSPS) is 13.7. The lowest BCUT2D eigenvalue weighted by atomic mass is 10.2. The summed E-state index contributed by atoms with van der Waals surface area (Å²) in [6, 6.07) is 15.0. The first-order chi connectivity index (χ1) is 11.3. The second kappa shape index (κ2) is 5.68. The number of carbonyl (C=O) groups is 1. The molecule has 1 aromatic heterocycles. The Morgan fingerprint density at radius 2 is 1.78 bits per heavy atom. The summed E-state index contributed by atoms with van der Waals surface area (Å²) in [5.41, 5.74) is 2.24. The van der Waals surface area contributed by atoms with Crippen molar-refractivity contribution in [1.29, 1.82) is 0 Å². The van der Waals surface area contributed by atoms with Gasteiger partial charge in [0.1, 0.15) is 5.75 Å². The van der Waals surface area contributed by atoms with Gasteiger partial charge in [-0.15, -0.1) is 0 Å². The molecule has 23 heavy (non-hydrogen) atoms. The summed E-state index contributed by atoms with van der Waals surface area (Å²) in [6.07, 6.45) is 3.75. The van der Waals surface area contributed by atoms with E-state index in [-0.39, 0.29) is 5.91 Å². The molecule has 5 heteroatoms. The number of benzene rings is 2. The fourth-order valence-corrected chi connectivity index (χ4v) is 2.28. The summed E-state index contributed by atoms with van der Waals surface area (Å²) in [4.78, 5) is 20.7. The van der Waals surface area contributed by atoms with Gasteiger partial charge in [0.05, 0.1) is 17.2 Å². The van der Waals surface area contributed by atoms with Crippen molar-refractivity contribution < 1.29 is 9.53 Å². The van der Waals surface area contributed by atoms with Crippen molar-refractivity contribution >= 4 is 16.9 Å². The smallest absolute Gasteiger partial charge is 0.251 e. The van der Waals surface area contributed by atoms with Crippen LogP contribution in [0.5, 0.6) is 11.6 Å². The topological polar surface area (TPSA) is 64.1 Å². The lowest BCUT2D eigenvalue weighted by Gasteiger charge is -2.07. The number of para-hydroxylation sites is 2. The van der Waals surface area contributed by atoms with Crippen molar-refractivity contribution in [3.05, 3.63) is 60.3 Å². The number of amides is 1. The summed E-state index contributed by atoms with van der Waals surface area (Å²) in [5.74, 6) is 1.01. The van der Waals surface area contributed by atoms with E-state index in [4.69, 9.17) is 4.74 Å². The molecule has 3 aromatic rings. The number of fused-ring (bicyclic) bond motifs is 1. The highest BCUT2D eigenvalue weighted by Crippen LogP contribution is 2.22. The van der Waals surface area contributed by atoms with Crippen molar-refractivity contribution in [2.75, 3.05) is 0 Å².